The van der Waals surface area contributed by atoms with Crippen LogP contribution < -0.4 is 10.2 Å². The molecule has 1 N–H and O–H groups in total. The number of halogens is 2. The number of pyridine rings is 1. The van der Waals surface area contributed by atoms with E-state index in [9.17, 15) is 0 Å². The Kier molecular flexibility index (Phi) is 3.16. The maximum absolute atomic E-state index is 6.20. The number of hydrogen-bond acceptors (Lipinski definition) is 3. The Balaban J connectivity index is 1.80. The molecule has 0 bridgehead atoms. The molecule has 2 fully saturated rings. The fourth-order valence-corrected chi connectivity index (χ4v) is 3.37. The Morgan fingerprint density at radius 1 is 1.29 bits per heavy atom. The summed E-state index contributed by atoms with van der Waals surface area (Å²) in [6.45, 7) is 4.37. The molecule has 0 aliphatic carbocycles. The molecule has 2 aliphatic rings. The van der Waals surface area contributed by atoms with Crippen LogP contribution in [0.3, 0.4) is 0 Å². The number of fused-ring (bicyclic) bond motifs is 1. The highest BCUT2D eigenvalue weighted by Crippen LogP contribution is 2.32. The van der Waals surface area contributed by atoms with Gasteiger partial charge < -0.3 is 10.2 Å². The van der Waals surface area contributed by atoms with E-state index in [1.165, 1.54) is 13.0 Å². The molecule has 3 rings (SSSR count). The van der Waals surface area contributed by atoms with Gasteiger partial charge in [0.25, 0.3) is 0 Å². The fourth-order valence-electron chi connectivity index (χ4n) is 2.87. The number of nitrogens with one attached hydrogen (secondary N) is 1. The van der Waals surface area contributed by atoms with Crippen molar-refractivity contribution in [1.29, 1.82) is 0 Å². The van der Waals surface area contributed by atoms with E-state index in [1.807, 2.05) is 0 Å². The number of anilines is 1. The van der Waals surface area contributed by atoms with Crippen molar-refractivity contribution in [2.24, 2.45) is 11.8 Å². The number of hydrogen-bond donors (Lipinski definition) is 1. The van der Waals surface area contributed by atoms with Crippen LogP contribution in [0.1, 0.15) is 6.42 Å². The first-order valence-corrected chi connectivity index (χ1v) is 6.76. The molecule has 2 aliphatic heterocycles. The second-order valence-electron chi connectivity index (χ2n) is 4.87. The Morgan fingerprint density at radius 3 is 2.94 bits per heavy atom. The number of rotatable bonds is 1. The van der Waals surface area contributed by atoms with Gasteiger partial charge in [0.05, 0.1) is 10.0 Å². The standard InChI is InChI=1S/C12H15Cl2N3/c13-10-3-11(14)12(16-6-10)17-2-1-8-4-15-5-9(8)7-17/h3,6,8-9,15H,1-2,4-5,7H2. The van der Waals surface area contributed by atoms with Gasteiger partial charge in [0.15, 0.2) is 0 Å². The second kappa shape index (κ2) is 4.63. The van der Waals surface area contributed by atoms with E-state index < -0.39 is 0 Å². The third-order valence-electron chi connectivity index (χ3n) is 3.79. The summed E-state index contributed by atoms with van der Waals surface area (Å²) in [7, 11) is 0. The average molecular weight is 272 g/mol. The zero-order valence-corrected chi connectivity index (χ0v) is 11.0. The third-order valence-corrected chi connectivity index (χ3v) is 4.28. The number of piperidine rings is 1. The molecule has 3 nitrogen and oxygen atoms in total. The first-order chi connectivity index (χ1) is 8.24. The van der Waals surface area contributed by atoms with E-state index in [0.29, 0.717) is 10.0 Å². The monoisotopic (exact) mass is 271 g/mol. The van der Waals surface area contributed by atoms with E-state index in [1.54, 1.807) is 12.3 Å². The minimum absolute atomic E-state index is 0.594. The molecule has 0 aromatic carbocycles. The minimum atomic E-state index is 0.594. The lowest BCUT2D eigenvalue weighted by Crippen LogP contribution is -2.40. The van der Waals surface area contributed by atoms with Gasteiger partial charge in [-0.2, -0.15) is 0 Å². The van der Waals surface area contributed by atoms with Crippen molar-refractivity contribution in [2.45, 2.75) is 6.42 Å². The van der Waals surface area contributed by atoms with Gasteiger partial charge in [-0.3, -0.25) is 0 Å². The first-order valence-electron chi connectivity index (χ1n) is 6.01. The van der Waals surface area contributed by atoms with E-state index in [2.05, 4.69) is 15.2 Å². The normalized spacial score (nSPS) is 28.2. The molecular weight excluding hydrogens is 257 g/mol. The van der Waals surface area contributed by atoms with Crippen LogP contribution >= 0.6 is 23.2 Å². The van der Waals surface area contributed by atoms with E-state index in [0.717, 1.165) is 37.3 Å². The summed E-state index contributed by atoms with van der Waals surface area (Å²) in [5.74, 6) is 2.44. The lowest BCUT2D eigenvalue weighted by atomic mass is 9.89. The molecule has 0 amide bonds. The van der Waals surface area contributed by atoms with Gasteiger partial charge in [0.2, 0.25) is 0 Å². The average Bonchev–Trinajstić information content (AvgIpc) is 2.75. The summed E-state index contributed by atoms with van der Waals surface area (Å²) >= 11 is 12.1. The van der Waals surface area contributed by atoms with Crippen LogP contribution in [-0.2, 0) is 0 Å². The molecule has 17 heavy (non-hydrogen) atoms. The quantitative estimate of drug-likeness (QED) is 0.851. The summed E-state index contributed by atoms with van der Waals surface area (Å²) in [6, 6.07) is 1.77. The van der Waals surface area contributed by atoms with Crippen molar-refractivity contribution >= 4 is 29.0 Å². The molecule has 3 heterocycles. The molecule has 92 valence electrons. The first kappa shape index (κ1) is 11.6. The maximum Gasteiger partial charge on any atom is 0.147 e. The highest BCUT2D eigenvalue weighted by Gasteiger charge is 2.33. The molecule has 1 aromatic rings. The van der Waals surface area contributed by atoms with Gasteiger partial charge in [-0.25, -0.2) is 4.98 Å². The maximum atomic E-state index is 6.20. The van der Waals surface area contributed by atoms with E-state index >= 15 is 0 Å². The Hall–Kier alpha value is -0.510. The van der Waals surface area contributed by atoms with Gasteiger partial charge in [0, 0.05) is 19.3 Å². The Morgan fingerprint density at radius 2 is 2.12 bits per heavy atom. The summed E-state index contributed by atoms with van der Waals surface area (Å²) in [6.07, 6.45) is 2.89. The van der Waals surface area contributed by atoms with Gasteiger partial charge in [-0.05, 0) is 37.4 Å². The van der Waals surface area contributed by atoms with Crippen molar-refractivity contribution in [2.75, 3.05) is 31.1 Å². The van der Waals surface area contributed by atoms with Crippen LogP contribution in [-0.4, -0.2) is 31.2 Å². The van der Waals surface area contributed by atoms with Crippen LogP contribution in [0.25, 0.3) is 0 Å². The lowest BCUT2D eigenvalue weighted by Gasteiger charge is -2.35. The van der Waals surface area contributed by atoms with Crippen LogP contribution in [0.2, 0.25) is 10.0 Å². The Bertz CT molecular complexity index is 424. The SMILES string of the molecule is Clc1cnc(N2CCC3CNCC3C2)c(Cl)c1. The van der Waals surface area contributed by atoms with Crippen LogP contribution in [0.15, 0.2) is 12.3 Å². The molecule has 2 saturated heterocycles. The largest absolute Gasteiger partial charge is 0.355 e. The van der Waals surface area contributed by atoms with Crippen molar-refractivity contribution < 1.29 is 0 Å². The summed E-state index contributed by atoms with van der Waals surface area (Å²) in [5.41, 5.74) is 0. The highest BCUT2D eigenvalue weighted by atomic mass is 35.5. The Labute approximate surface area is 111 Å². The number of nitrogens with zero attached hydrogens (tertiary/aromatic N) is 2. The smallest absolute Gasteiger partial charge is 0.147 e. The highest BCUT2D eigenvalue weighted by molar-refractivity contribution is 6.36. The second-order valence-corrected chi connectivity index (χ2v) is 5.72. The predicted molar refractivity (Wildman–Crippen MR) is 70.9 cm³/mol. The van der Waals surface area contributed by atoms with Crippen molar-refractivity contribution in [3.63, 3.8) is 0 Å². The van der Waals surface area contributed by atoms with Gasteiger partial charge in [0.1, 0.15) is 5.82 Å². The molecule has 2 unspecified atom stereocenters. The summed E-state index contributed by atoms with van der Waals surface area (Å²) < 4.78 is 0. The zero-order chi connectivity index (χ0) is 11.8. The van der Waals surface area contributed by atoms with Crippen LogP contribution in [0.4, 0.5) is 5.82 Å². The minimum Gasteiger partial charge on any atom is -0.355 e. The summed E-state index contributed by atoms with van der Waals surface area (Å²) in [4.78, 5) is 6.64. The number of aromatic nitrogens is 1. The van der Waals surface area contributed by atoms with Crippen molar-refractivity contribution in [1.82, 2.24) is 10.3 Å². The van der Waals surface area contributed by atoms with E-state index in [4.69, 9.17) is 23.2 Å². The van der Waals surface area contributed by atoms with Gasteiger partial charge >= 0.3 is 0 Å². The lowest BCUT2D eigenvalue weighted by molar-refractivity contribution is 0.347. The van der Waals surface area contributed by atoms with Crippen molar-refractivity contribution in [3.8, 4) is 0 Å². The van der Waals surface area contributed by atoms with Crippen LogP contribution in [0.5, 0.6) is 0 Å². The molecule has 1 aromatic heterocycles. The van der Waals surface area contributed by atoms with E-state index in [-0.39, 0.29) is 0 Å². The molecule has 5 heteroatoms. The molecule has 2 atom stereocenters. The molecule has 0 spiro atoms. The molecule has 0 saturated carbocycles. The molecular formula is C12H15Cl2N3. The predicted octanol–water partition coefficient (Wildman–Crippen LogP) is 2.43. The summed E-state index contributed by atoms with van der Waals surface area (Å²) in [5, 5.41) is 4.71. The zero-order valence-electron chi connectivity index (χ0n) is 9.50. The third kappa shape index (κ3) is 2.24. The molecule has 0 radical (unpaired) electrons. The van der Waals surface area contributed by atoms with Crippen molar-refractivity contribution in [3.05, 3.63) is 22.3 Å². The topological polar surface area (TPSA) is 28.2 Å². The van der Waals surface area contributed by atoms with Gasteiger partial charge in [-0.1, -0.05) is 23.2 Å². The van der Waals surface area contributed by atoms with Gasteiger partial charge in [-0.15, -0.1) is 0 Å². The fraction of sp³-hybridized carbons (Fsp3) is 0.583. The van der Waals surface area contributed by atoms with Crippen LogP contribution in [0, 0.1) is 11.8 Å².